The highest BCUT2D eigenvalue weighted by Gasteiger charge is 2.25. The first kappa shape index (κ1) is 50.3. The molecule has 14 aromatic carbocycles. The van der Waals surface area contributed by atoms with E-state index in [9.17, 15) is 0 Å². The lowest BCUT2D eigenvalue weighted by Gasteiger charge is -2.26. The van der Waals surface area contributed by atoms with Crippen molar-refractivity contribution in [1.29, 1.82) is 0 Å². The molecule has 0 spiro atoms. The summed E-state index contributed by atoms with van der Waals surface area (Å²) in [6.07, 6.45) is 0. The second-order valence-corrected chi connectivity index (χ2v) is 22.0. The van der Waals surface area contributed by atoms with Crippen molar-refractivity contribution in [2.75, 3.05) is 9.80 Å². The minimum atomic E-state index is 0.833. The van der Waals surface area contributed by atoms with Gasteiger partial charge in [0.15, 0.2) is 0 Å². The summed E-state index contributed by atoms with van der Waals surface area (Å²) in [5.74, 6) is 0. The van der Waals surface area contributed by atoms with E-state index in [0.29, 0.717) is 0 Å². The standard InChI is InChI=1S/C82H54N2O2/c1-4-16-55(17-5-1)58-30-40-67(41-31-58)84(68-42-32-59(33-43-68)56-18-6-2-7-19-56)70-48-38-62(39-49-70)80-72(51-53-78-82(80)74-25-13-15-27-76(74)86-78)71-50-52-77-81(73-24-12-14-26-75(73)85-77)79(71)61-36-46-69(47-37-61)83(65-22-8-3-9-23-65)66-44-34-60(35-45-66)64-29-28-57-20-10-11-21-63(57)54-64/h1-54H. The third-order valence-electron chi connectivity index (χ3n) is 16.9. The van der Waals surface area contributed by atoms with Crippen molar-refractivity contribution < 1.29 is 8.83 Å². The number of nitrogens with zero attached hydrogens (tertiary/aromatic N) is 2. The van der Waals surface area contributed by atoms with Crippen LogP contribution in [0.2, 0.25) is 0 Å². The van der Waals surface area contributed by atoms with Crippen LogP contribution in [0.5, 0.6) is 0 Å². The fraction of sp³-hybridized carbons (Fsp3) is 0. The zero-order valence-corrected chi connectivity index (χ0v) is 46.9. The molecule has 86 heavy (non-hydrogen) atoms. The Morgan fingerprint density at radius 3 is 0.942 bits per heavy atom. The van der Waals surface area contributed by atoms with Crippen LogP contribution in [0.25, 0.3) is 121 Å². The third kappa shape index (κ3) is 9.05. The topological polar surface area (TPSA) is 32.8 Å². The molecule has 16 rings (SSSR count). The molecule has 404 valence electrons. The normalized spacial score (nSPS) is 11.5. The predicted octanol–water partition coefficient (Wildman–Crippen LogP) is 23.6. The predicted molar refractivity (Wildman–Crippen MR) is 360 cm³/mol. The van der Waals surface area contributed by atoms with Gasteiger partial charge in [-0.05, 0) is 182 Å². The smallest absolute Gasteiger partial charge is 0.136 e. The molecule has 0 fully saturated rings. The summed E-state index contributed by atoms with van der Waals surface area (Å²) in [4.78, 5) is 4.69. The average molecular weight is 1100 g/mol. The molecule has 0 saturated heterocycles. The first-order chi connectivity index (χ1) is 42.6. The Bertz CT molecular complexity index is 5030. The van der Waals surface area contributed by atoms with Gasteiger partial charge in [0.2, 0.25) is 0 Å². The van der Waals surface area contributed by atoms with Gasteiger partial charge in [0.05, 0.1) is 0 Å². The van der Waals surface area contributed by atoms with Crippen LogP contribution in [0, 0.1) is 0 Å². The van der Waals surface area contributed by atoms with E-state index in [1.807, 2.05) is 12.1 Å². The number of furan rings is 2. The molecule has 4 nitrogen and oxygen atoms in total. The van der Waals surface area contributed by atoms with Gasteiger partial charge >= 0.3 is 0 Å². The van der Waals surface area contributed by atoms with Crippen LogP contribution in [-0.4, -0.2) is 0 Å². The summed E-state index contributed by atoms with van der Waals surface area (Å²) in [7, 11) is 0. The zero-order valence-electron chi connectivity index (χ0n) is 46.9. The number of benzene rings is 14. The molecule has 0 amide bonds. The van der Waals surface area contributed by atoms with Crippen LogP contribution in [0.4, 0.5) is 34.1 Å². The highest BCUT2D eigenvalue weighted by Crippen LogP contribution is 2.50. The lowest BCUT2D eigenvalue weighted by Crippen LogP contribution is -2.09. The molecule has 2 aromatic heterocycles. The number of hydrogen-bond acceptors (Lipinski definition) is 4. The third-order valence-corrected chi connectivity index (χ3v) is 16.9. The van der Waals surface area contributed by atoms with E-state index >= 15 is 0 Å². The maximum atomic E-state index is 6.72. The lowest BCUT2D eigenvalue weighted by molar-refractivity contribution is 0.668. The van der Waals surface area contributed by atoms with Crippen LogP contribution in [0.3, 0.4) is 0 Å². The summed E-state index contributed by atoms with van der Waals surface area (Å²) < 4.78 is 13.4. The second-order valence-electron chi connectivity index (χ2n) is 22.0. The van der Waals surface area contributed by atoms with Gasteiger partial charge in [0, 0.05) is 66.8 Å². The number of fused-ring (bicyclic) bond motifs is 7. The molecule has 0 bridgehead atoms. The molecule has 0 aliphatic rings. The maximum absolute atomic E-state index is 6.72. The summed E-state index contributed by atoms with van der Waals surface area (Å²) in [5, 5.41) is 6.74. The van der Waals surface area contributed by atoms with E-state index in [-0.39, 0.29) is 0 Å². The minimum absolute atomic E-state index is 0.833. The lowest BCUT2D eigenvalue weighted by atomic mass is 9.85. The molecule has 2 heterocycles. The molecule has 0 radical (unpaired) electrons. The summed E-state index contributed by atoms with van der Waals surface area (Å²) in [6.45, 7) is 0. The molecular formula is C82H54N2O2. The van der Waals surface area contributed by atoms with Crippen molar-refractivity contribution in [3.63, 3.8) is 0 Å². The highest BCUT2D eigenvalue weighted by molar-refractivity contribution is 6.20. The molecule has 16 aromatic rings. The van der Waals surface area contributed by atoms with Gasteiger partial charge in [-0.2, -0.15) is 0 Å². The van der Waals surface area contributed by atoms with E-state index < -0.39 is 0 Å². The van der Waals surface area contributed by atoms with E-state index in [0.717, 1.165) is 111 Å². The van der Waals surface area contributed by atoms with E-state index in [2.05, 4.69) is 325 Å². The number of para-hydroxylation sites is 3. The van der Waals surface area contributed by atoms with Crippen molar-refractivity contribution in [2.24, 2.45) is 0 Å². The molecule has 0 aliphatic carbocycles. The monoisotopic (exact) mass is 1100 g/mol. The van der Waals surface area contributed by atoms with E-state index in [4.69, 9.17) is 8.83 Å². The number of rotatable bonds is 12. The maximum Gasteiger partial charge on any atom is 0.136 e. The zero-order chi connectivity index (χ0) is 56.9. The number of hydrogen-bond donors (Lipinski definition) is 0. The van der Waals surface area contributed by atoms with E-state index in [1.54, 1.807) is 0 Å². The van der Waals surface area contributed by atoms with Crippen LogP contribution in [-0.2, 0) is 0 Å². The van der Waals surface area contributed by atoms with Crippen molar-refractivity contribution in [2.45, 2.75) is 0 Å². The summed E-state index contributed by atoms with van der Waals surface area (Å²) in [5.41, 5.74) is 23.3. The van der Waals surface area contributed by atoms with Crippen LogP contribution < -0.4 is 9.80 Å². The summed E-state index contributed by atoms with van der Waals surface area (Å²) in [6, 6.07) is 118. The fourth-order valence-electron chi connectivity index (χ4n) is 12.7. The first-order valence-electron chi connectivity index (χ1n) is 29.3. The van der Waals surface area contributed by atoms with Crippen molar-refractivity contribution in [3.05, 3.63) is 328 Å². The van der Waals surface area contributed by atoms with Gasteiger partial charge in [-0.1, -0.05) is 212 Å². The minimum Gasteiger partial charge on any atom is -0.456 e. The molecule has 4 heteroatoms. The van der Waals surface area contributed by atoms with Gasteiger partial charge in [-0.15, -0.1) is 0 Å². The van der Waals surface area contributed by atoms with Crippen molar-refractivity contribution in [3.8, 4) is 66.8 Å². The number of anilines is 6. The molecule has 0 aliphatic heterocycles. The summed E-state index contributed by atoms with van der Waals surface area (Å²) >= 11 is 0. The van der Waals surface area contributed by atoms with Gasteiger partial charge < -0.3 is 18.6 Å². The molecule has 0 N–H and O–H groups in total. The van der Waals surface area contributed by atoms with E-state index in [1.165, 1.54) is 44.2 Å². The first-order valence-corrected chi connectivity index (χ1v) is 29.3. The van der Waals surface area contributed by atoms with Gasteiger partial charge in [0.1, 0.15) is 22.3 Å². The van der Waals surface area contributed by atoms with Crippen molar-refractivity contribution >= 4 is 88.8 Å². The largest absolute Gasteiger partial charge is 0.456 e. The molecule has 0 atom stereocenters. The fourth-order valence-corrected chi connectivity index (χ4v) is 12.7. The quantitative estimate of drug-likeness (QED) is 0.122. The molecular weight excluding hydrogens is 1040 g/mol. The molecule has 0 unspecified atom stereocenters. The molecule has 0 saturated carbocycles. The SMILES string of the molecule is c1ccc(-c2ccc(N(c3ccc(-c4ccccc4)cc3)c3ccc(-c4c(-c5ccc6oc7ccccc7c6c5-c5ccc(N(c6ccccc6)c6ccc(-c7ccc8ccccc8c7)cc6)cc5)ccc5oc6ccccc6c45)cc3)cc2)cc1. The Labute approximate surface area is 499 Å². The highest BCUT2D eigenvalue weighted by atomic mass is 16.3. The van der Waals surface area contributed by atoms with Gasteiger partial charge in [-0.25, -0.2) is 0 Å². The Kier molecular flexibility index (Phi) is 12.5. The van der Waals surface area contributed by atoms with Gasteiger partial charge in [0.25, 0.3) is 0 Å². The van der Waals surface area contributed by atoms with Crippen LogP contribution in [0.1, 0.15) is 0 Å². The Morgan fingerprint density at radius 2 is 0.512 bits per heavy atom. The van der Waals surface area contributed by atoms with Crippen LogP contribution >= 0.6 is 0 Å². The Morgan fingerprint density at radius 1 is 0.198 bits per heavy atom. The Balaban J connectivity index is 0.837. The Hall–Kier alpha value is -11.5. The second kappa shape index (κ2) is 21.4. The van der Waals surface area contributed by atoms with Crippen molar-refractivity contribution in [1.82, 2.24) is 0 Å². The average Bonchev–Trinajstić information content (AvgIpc) is 2.13. The van der Waals surface area contributed by atoms with Crippen LogP contribution in [0.15, 0.2) is 336 Å². The van der Waals surface area contributed by atoms with Gasteiger partial charge in [-0.3, -0.25) is 0 Å².